The number of alkyl halides is 3. The number of rotatable bonds is 7. The lowest BCUT2D eigenvalue weighted by Crippen LogP contribution is -2.47. The highest BCUT2D eigenvalue weighted by molar-refractivity contribution is 7.17. The zero-order chi connectivity index (χ0) is 27.1. The molecule has 1 saturated heterocycles. The Hall–Kier alpha value is -3.28. The summed E-state index contributed by atoms with van der Waals surface area (Å²) in [7, 11) is 0. The zero-order valence-electron chi connectivity index (χ0n) is 21.2. The van der Waals surface area contributed by atoms with E-state index in [2.05, 4.69) is 25.0 Å². The summed E-state index contributed by atoms with van der Waals surface area (Å²) in [6.07, 6.45) is -1.06. The standard InChI is InChI=1S/C28H28F3N5O2S/c29-28(30,31)23-15-18(17-1-2-17)3-4-20(23)14-22(19-5-6-24-21(13-19)16-32-34-24)25-26(38)33-27(39-25)36-9-7-35(8-10-36)11-12-37/h3-6,13,15-17,37-38H,1-2,7-12,14H2. The van der Waals surface area contributed by atoms with Crippen molar-refractivity contribution in [3.63, 3.8) is 0 Å². The van der Waals surface area contributed by atoms with Crippen molar-refractivity contribution in [2.45, 2.75) is 31.4 Å². The zero-order valence-corrected chi connectivity index (χ0v) is 22.0. The molecule has 0 radical (unpaired) electrons. The minimum absolute atomic E-state index is 0.0215. The molecule has 1 aliphatic carbocycles. The maximum atomic E-state index is 14.2. The normalized spacial score (nSPS) is 18.3. The molecule has 1 saturated carbocycles. The van der Waals surface area contributed by atoms with Crippen molar-refractivity contribution in [2.24, 2.45) is 10.2 Å². The maximum absolute atomic E-state index is 14.2. The highest BCUT2D eigenvalue weighted by Crippen LogP contribution is 2.44. The monoisotopic (exact) mass is 555 g/mol. The molecule has 2 fully saturated rings. The van der Waals surface area contributed by atoms with Crippen molar-refractivity contribution in [3.8, 4) is 5.88 Å². The van der Waals surface area contributed by atoms with Gasteiger partial charge < -0.3 is 15.1 Å². The molecule has 39 heavy (non-hydrogen) atoms. The van der Waals surface area contributed by atoms with Gasteiger partial charge >= 0.3 is 6.18 Å². The third-order valence-corrected chi connectivity index (χ3v) is 8.69. The second-order valence-corrected chi connectivity index (χ2v) is 11.1. The SMILES string of the molecule is OCCN1CCN(c2nc(O)c(C(Cc3ccc(C4CC4)cc3C(F)(F)F)=c3ccc4c(c3)C=NN=4)s2)CC1. The van der Waals surface area contributed by atoms with Gasteiger partial charge in [-0.1, -0.05) is 29.5 Å². The van der Waals surface area contributed by atoms with Crippen LogP contribution in [0, 0.1) is 0 Å². The molecule has 3 aromatic rings. The van der Waals surface area contributed by atoms with Crippen LogP contribution in [0.25, 0.3) is 5.57 Å². The van der Waals surface area contributed by atoms with Crippen LogP contribution in [-0.4, -0.2) is 65.6 Å². The van der Waals surface area contributed by atoms with Gasteiger partial charge in [-0.25, -0.2) is 0 Å². The van der Waals surface area contributed by atoms with Gasteiger partial charge in [0.2, 0.25) is 5.88 Å². The molecule has 0 amide bonds. The van der Waals surface area contributed by atoms with Crippen molar-refractivity contribution >= 4 is 28.3 Å². The summed E-state index contributed by atoms with van der Waals surface area (Å²) in [5.74, 6) is 0.0130. The number of hydrogen-bond acceptors (Lipinski definition) is 8. The lowest BCUT2D eigenvalue weighted by atomic mass is 9.94. The number of aromatic nitrogens is 1. The number of anilines is 1. The van der Waals surface area contributed by atoms with E-state index in [1.54, 1.807) is 24.4 Å². The van der Waals surface area contributed by atoms with Crippen LogP contribution in [0.1, 0.15) is 45.9 Å². The molecule has 3 heterocycles. The van der Waals surface area contributed by atoms with Crippen molar-refractivity contribution in [2.75, 3.05) is 44.2 Å². The molecule has 2 aromatic carbocycles. The molecule has 0 unspecified atom stereocenters. The highest BCUT2D eigenvalue weighted by Gasteiger charge is 2.36. The van der Waals surface area contributed by atoms with Gasteiger partial charge in [-0.05, 0) is 58.9 Å². The lowest BCUT2D eigenvalue weighted by molar-refractivity contribution is -0.138. The van der Waals surface area contributed by atoms with Gasteiger partial charge in [-0.2, -0.15) is 28.4 Å². The second kappa shape index (κ2) is 10.4. The third kappa shape index (κ3) is 5.43. The van der Waals surface area contributed by atoms with E-state index in [-0.39, 0.29) is 30.4 Å². The average Bonchev–Trinajstić information content (AvgIpc) is 3.54. The number of benzene rings is 2. The topological polar surface area (TPSA) is 84.5 Å². The number of nitrogens with zero attached hydrogens (tertiary/aromatic N) is 5. The molecule has 0 atom stereocenters. The van der Waals surface area contributed by atoms with Crippen LogP contribution in [-0.2, 0) is 12.6 Å². The first-order valence-corrected chi connectivity index (χ1v) is 13.8. The van der Waals surface area contributed by atoms with Gasteiger partial charge in [0.15, 0.2) is 5.13 Å². The average molecular weight is 556 g/mol. The molecule has 7 nitrogen and oxygen atoms in total. The first kappa shape index (κ1) is 26.0. The maximum Gasteiger partial charge on any atom is 0.416 e. The van der Waals surface area contributed by atoms with E-state index in [9.17, 15) is 23.4 Å². The number of thiazole rings is 1. The number of β-amino-alcohol motifs (C(OH)–C–C–N with tert-alkyl or cyclic N) is 1. The van der Waals surface area contributed by atoms with Gasteiger partial charge in [-0.3, -0.25) is 4.90 Å². The number of aliphatic hydroxyl groups excluding tert-OH is 1. The van der Waals surface area contributed by atoms with E-state index >= 15 is 0 Å². The smallest absolute Gasteiger partial charge is 0.416 e. The van der Waals surface area contributed by atoms with Gasteiger partial charge in [0.1, 0.15) is 0 Å². The summed E-state index contributed by atoms with van der Waals surface area (Å²) in [6, 6.07) is 10.1. The Morgan fingerprint density at radius 3 is 2.56 bits per heavy atom. The predicted molar refractivity (Wildman–Crippen MR) is 144 cm³/mol. The quantitative estimate of drug-likeness (QED) is 0.468. The summed E-state index contributed by atoms with van der Waals surface area (Å²) >= 11 is 1.29. The second-order valence-electron chi connectivity index (χ2n) is 10.2. The van der Waals surface area contributed by atoms with Crippen molar-refractivity contribution in [1.82, 2.24) is 9.88 Å². The summed E-state index contributed by atoms with van der Waals surface area (Å²) in [4.78, 5) is 9.10. The fourth-order valence-corrected chi connectivity index (χ4v) is 6.29. The van der Waals surface area contributed by atoms with Crippen LogP contribution in [0.15, 0.2) is 46.6 Å². The predicted octanol–water partition coefficient (Wildman–Crippen LogP) is 3.27. The van der Waals surface area contributed by atoms with Crippen LogP contribution in [0.4, 0.5) is 18.3 Å². The fraction of sp³-hybridized carbons (Fsp3) is 0.393. The Morgan fingerprint density at radius 1 is 1.05 bits per heavy atom. The Kier molecular flexibility index (Phi) is 6.90. The van der Waals surface area contributed by atoms with E-state index in [1.807, 2.05) is 12.1 Å². The number of aliphatic hydroxyl groups is 1. The third-order valence-electron chi connectivity index (χ3n) is 7.52. The van der Waals surface area contributed by atoms with Gasteiger partial charge in [-0.15, -0.1) is 0 Å². The van der Waals surface area contributed by atoms with Crippen LogP contribution >= 0.6 is 11.3 Å². The van der Waals surface area contributed by atoms with E-state index < -0.39 is 11.7 Å². The summed E-state index contributed by atoms with van der Waals surface area (Å²) in [5.41, 5.74) is 1.60. The van der Waals surface area contributed by atoms with Crippen LogP contribution in [0.5, 0.6) is 5.88 Å². The number of aromatic hydroxyl groups is 1. The first-order chi connectivity index (χ1) is 18.8. The fourth-order valence-electron chi connectivity index (χ4n) is 5.21. The van der Waals surface area contributed by atoms with E-state index in [1.165, 1.54) is 17.4 Å². The Labute approximate surface area is 227 Å². The van der Waals surface area contributed by atoms with E-state index in [0.29, 0.717) is 45.8 Å². The number of halogens is 3. The molecule has 3 aliphatic rings. The number of hydrogen-bond donors (Lipinski definition) is 2. The molecule has 1 aromatic heterocycles. The minimum atomic E-state index is -4.50. The summed E-state index contributed by atoms with van der Waals surface area (Å²) in [6.45, 7) is 3.57. The van der Waals surface area contributed by atoms with Crippen molar-refractivity contribution in [3.05, 3.63) is 74.1 Å². The number of fused-ring (bicyclic) bond motifs is 1. The summed E-state index contributed by atoms with van der Waals surface area (Å²) in [5, 5.41) is 30.2. The molecule has 0 spiro atoms. The molecule has 11 heteroatoms. The number of piperazine rings is 1. The Balaban J connectivity index is 1.42. The summed E-state index contributed by atoms with van der Waals surface area (Å²) < 4.78 is 42.7. The largest absolute Gasteiger partial charge is 0.492 e. The van der Waals surface area contributed by atoms with Crippen LogP contribution in [0.2, 0.25) is 0 Å². The lowest BCUT2D eigenvalue weighted by Gasteiger charge is -2.34. The van der Waals surface area contributed by atoms with Crippen molar-refractivity contribution < 1.29 is 23.4 Å². The molecule has 2 aliphatic heterocycles. The minimum Gasteiger partial charge on any atom is -0.492 e. The molecular formula is C28H28F3N5O2S. The Bertz CT molecular complexity index is 1540. The van der Waals surface area contributed by atoms with Gasteiger partial charge in [0.25, 0.3) is 0 Å². The van der Waals surface area contributed by atoms with Gasteiger partial charge in [0, 0.05) is 44.7 Å². The molecular weight excluding hydrogens is 527 g/mol. The first-order valence-electron chi connectivity index (χ1n) is 13.0. The van der Waals surface area contributed by atoms with Gasteiger partial charge in [0.05, 0.1) is 28.6 Å². The Morgan fingerprint density at radius 2 is 1.85 bits per heavy atom. The molecule has 2 N–H and O–H groups in total. The van der Waals surface area contributed by atoms with E-state index in [4.69, 9.17) is 0 Å². The molecule has 0 bridgehead atoms. The molecule has 6 rings (SSSR count). The van der Waals surface area contributed by atoms with Crippen LogP contribution in [0.3, 0.4) is 0 Å². The highest BCUT2D eigenvalue weighted by atomic mass is 32.1. The van der Waals surface area contributed by atoms with Crippen molar-refractivity contribution in [1.29, 1.82) is 0 Å². The van der Waals surface area contributed by atoms with E-state index in [0.717, 1.165) is 37.1 Å². The van der Waals surface area contributed by atoms with Crippen LogP contribution < -0.4 is 15.5 Å². The molecule has 204 valence electrons.